The van der Waals surface area contributed by atoms with Crippen molar-refractivity contribution < 1.29 is 18.1 Å². The number of nitro benzene ring substituents is 1. The molecule has 9 nitrogen and oxygen atoms in total. The van der Waals surface area contributed by atoms with Crippen LogP contribution in [0.2, 0.25) is 0 Å². The number of rotatable bonds is 7. The van der Waals surface area contributed by atoms with Crippen LogP contribution in [0.4, 0.5) is 5.69 Å². The first-order chi connectivity index (χ1) is 15.4. The number of benzene rings is 2. The van der Waals surface area contributed by atoms with Gasteiger partial charge in [0.2, 0.25) is 10.0 Å². The van der Waals surface area contributed by atoms with Gasteiger partial charge in [0.25, 0.3) is 5.69 Å². The lowest BCUT2D eigenvalue weighted by molar-refractivity contribution is -0.387. The molecule has 1 aromatic heterocycles. The molecule has 0 radical (unpaired) electrons. The minimum Gasteiger partial charge on any atom is -0.497 e. The molecule has 2 aromatic carbocycles. The van der Waals surface area contributed by atoms with Gasteiger partial charge >= 0.3 is 0 Å². The van der Waals surface area contributed by atoms with Gasteiger partial charge in [-0.05, 0) is 36.6 Å². The molecule has 0 saturated carbocycles. The van der Waals surface area contributed by atoms with Gasteiger partial charge < -0.3 is 4.74 Å². The first-order valence-corrected chi connectivity index (χ1v) is 12.3. The van der Waals surface area contributed by atoms with Gasteiger partial charge in [0.15, 0.2) is 4.90 Å². The summed E-state index contributed by atoms with van der Waals surface area (Å²) in [6.07, 6.45) is 1.86. The van der Waals surface area contributed by atoms with Gasteiger partial charge in [0.05, 0.1) is 12.0 Å². The summed E-state index contributed by atoms with van der Waals surface area (Å²) in [6.45, 7) is 0.568. The van der Waals surface area contributed by atoms with Crippen molar-refractivity contribution in [2.24, 2.45) is 0 Å². The maximum atomic E-state index is 13.0. The Balaban J connectivity index is 1.41. The third kappa shape index (κ3) is 4.64. The second-order valence-corrected chi connectivity index (χ2v) is 10.5. The molecule has 3 aromatic rings. The van der Waals surface area contributed by atoms with E-state index in [2.05, 4.69) is 10.2 Å². The number of nitrogens with zero attached hydrogens (tertiary/aromatic N) is 4. The van der Waals surface area contributed by atoms with Crippen molar-refractivity contribution in [1.29, 1.82) is 0 Å². The van der Waals surface area contributed by atoms with Crippen LogP contribution in [-0.2, 0) is 16.4 Å². The molecular formula is C21H22N4O5S2. The predicted octanol–water partition coefficient (Wildman–Crippen LogP) is 3.61. The van der Waals surface area contributed by atoms with E-state index in [0.717, 1.165) is 21.3 Å². The quantitative estimate of drug-likeness (QED) is 0.379. The number of methoxy groups -OCH3 is 1. The number of para-hydroxylation sites is 1. The van der Waals surface area contributed by atoms with Crippen molar-refractivity contribution in [2.75, 3.05) is 20.2 Å². The summed E-state index contributed by atoms with van der Waals surface area (Å²) in [5.74, 6) is 0.920. The summed E-state index contributed by atoms with van der Waals surface area (Å²) in [5, 5.41) is 21.7. The third-order valence-electron chi connectivity index (χ3n) is 5.48. The number of ether oxygens (including phenoxy) is 1. The Morgan fingerprint density at radius 2 is 1.81 bits per heavy atom. The standard InChI is InChI=1S/C21H22N4O5S2/c1-30-17-8-6-15(7-9-17)14-20-22-23-21(31-20)16-10-12-24(13-11-16)32(28,29)19-5-3-2-4-18(19)25(26)27/h2-9,16H,10-14H2,1H3. The van der Waals surface area contributed by atoms with Gasteiger partial charge in [0, 0.05) is 31.5 Å². The van der Waals surface area contributed by atoms with Crippen molar-refractivity contribution in [3.63, 3.8) is 0 Å². The number of hydrogen-bond donors (Lipinski definition) is 0. The van der Waals surface area contributed by atoms with E-state index in [-0.39, 0.29) is 23.9 Å². The summed E-state index contributed by atoms with van der Waals surface area (Å²) < 4.78 is 32.5. The Bertz CT molecular complexity index is 1200. The fourth-order valence-corrected chi connectivity index (χ4v) is 6.40. The van der Waals surface area contributed by atoms with Crippen LogP contribution in [0, 0.1) is 10.1 Å². The molecule has 168 valence electrons. The molecule has 11 heteroatoms. The number of piperidine rings is 1. The van der Waals surface area contributed by atoms with E-state index >= 15 is 0 Å². The number of hydrogen-bond acceptors (Lipinski definition) is 8. The van der Waals surface area contributed by atoms with Gasteiger partial charge in [-0.15, -0.1) is 21.5 Å². The Morgan fingerprint density at radius 1 is 1.12 bits per heavy atom. The molecule has 0 bridgehead atoms. The van der Waals surface area contributed by atoms with Crippen LogP contribution in [0.5, 0.6) is 5.75 Å². The fraction of sp³-hybridized carbons (Fsp3) is 0.333. The molecular weight excluding hydrogens is 452 g/mol. The highest BCUT2D eigenvalue weighted by Gasteiger charge is 2.35. The molecule has 32 heavy (non-hydrogen) atoms. The summed E-state index contributed by atoms with van der Waals surface area (Å²) in [5.41, 5.74) is 0.709. The van der Waals surface area contributed by atoms with Crippen molar-refractivity contribution in [3.05, 3.63) is 74.2 Å². The van der Waals surface area contributed by atoms with E-state index in [4.69, 9.17) is 4.74 Å². The number of aromatic nitrogens is 2. The van der Waals surface area contributed by atoms with Crippen LogP contribution in [-0.4, -0.2) is 48.0 Å². The Kier molecular flexibility index (Phi) is 6.49. The van der Waals surface area contributed by atoms with E-state index in [1.54, 1.807) is 18.4 Å². The van der Waals surface area contributed by atoms with Gasteiger partial charge in [-0.25, -0.2) is 8.42 Å². The van der Waals surface area contributed by atoms with E-state index in [1.165, 1.54) is 28.6 Å². The second kappa shape index (κ2) is 9.31. The van der Waals surface area contributed by atoms with Crippen molar-refractivity contribution >= 4 is 27.0 Å². The lowest BCUT2D eigenvalue weighted by Gasteiger charge is -2.29. The van der Waals surface area contributed by atoms with E-state index in [9.17, 15) is 18.5 Å². The highest BCUT2D eigenvalue weighted by Crippen LogP contribution is 2.34. The summed E-state index contributed by atoms with van der Waals surface area (Å²) in [4.78, 5) is 10.3. The fourth-order valence-electron chi connectivity index (χ4n) is 3.73. The topological polar surface area (TPSA) is 116 Å². The van der Waals surface area contributed by atoms with Crippen molar-refractivity contribution in [1.82, 2.24) is 14.5 Å². The first-order valence-electron chi connectivity index (χ1n) is 10.1. The lowest BCUT2D eigenvalue weighted by atomic mass is 9.99. The molecule has 0 amide bonds. The SMILES string of the molecule is COc1ccc(Cc2nnc(C3CCN(S(=O)(=O)c4ccccc4[N+](=O)[O-])CC3)s2)cc1. The average Bonchev–Trinajstić information content (AvgIpc) is 3.28. The molecule has 1 saturated heterocycles. The Hall–Kier alpha value is -2.89. The normalized spacial score (nSPS) is 15.5. The highest BCUT2D eigenvalue weighted by atomic mass is 32.2. The minimum absolute atomic E-state index is 0.120. The van der Waals surface area contributed by atoms with Gasteiger partial charge in [0.1, 0.15) is 15.8 Å². The second-order valence-electron chi connectivity index (χ2n) is 7.46. The molecule has 0 spiro atoms. The monoisotopic (exact) mass is 474 g/mol. The number of nitro groups is 1. The van der Waals surface area contributed by atoms with Crippen LogP contribution < -0.4 is 4.74 Å². The average molecular weight is 475 g/mol. The van der Waals surface area contributed by atoms with Gasteiger partial charge in [-0.1, -0.05) is 24.3 Å². The largest absolute Gasteiger partial charge is 0.497 e. The van der Waals surface area contributed by atoms with Crippen LogP contribution in [0.25, 0.3) is 0 Å². The number of sulfonamides is 1. The maximum Gasteiger partial charge on any atom is 0.289 e. The first kappa shape index (κ1) is 22.3. The van der Waals surface area contributed by atoms with Crippen LogP contribution >= 0.6 is 11.3 Å². The molecule has 1 aliphatic rings. The molecule has 4 rings (SSSR count). The van der Waals surface area contributed by atoms with E-state index in [0.29, 0.717) is 19.3 Å². The minimum atomic E-state index is -3.94. The summed E-state index contributed by atoms with van der Waals surface area (Å²) in [7, 11) is -2.31. The Labute approximate surface area is 189 Å². The zero-order chi connectivity index (χ0) is 22.7. The van der Waals surface area contributed by atoms with Crippen molar-refractivity contribution in [2.45, 2.75) is 30.1 Å². The summed E-state index contributed by atoms with van der Waals surface area (Å²) in [6, 6.07) is 13.3. The van der Waals surface area contributed by atoms with Gasteiger partial charge in [-0.2, -0.15) is 4.31 Å². The lowest BCUT2D eigenvalue weighted by Crippen LogP contribution is -2.38. The van der Waals surface area contributed by atoms with Crippen molar-refractivity contribution in [3.8, 4) is 5.75 Å². The van der Waals surface area contributed by atoms with Crippen LogP contribution in [0.1, 0.15) is 34.3 Å². The molecule has 0 N–H and O–H groups in total. The molecule has 0 unspecified atom stereocenters. The van der Waals surface area contributed by atoms with Gasteiger partial charge in [-0.3, -0.25) is 10.1 Å². The van der Waals surface area contributed by atoms with E-state index < -0.39 is 20.6 Å². The predicted molar refractivity (Wildman–Crippen MR) is 120 cm³/mol. The molecule has 1 aliphatic heterocycles. The maximum absolute atomic E-state index is 13.0. The zero-order valence-electron chi connectivity index (χ0n) is 17.4. The molecule has 1 fully saturated rings. The Morgan fingerprint density at radius 3 is 2.47 bits per heavy atom. The smallest absolute Gasteiger partial charge is 0.289 e. The highest BCUT2D eigenvalue weighted by molar-refractivity contribution is 7.89. The summed E-state index contributed by atoms with van der Waals surface area (Å²) >= 11 is 1.54. The van der Waals surface area contributed by atoms with Crippen LogP contribution in [0.3, 0.4) is 0 Å². The van der Waals surface area contributed by atoms with Crippen LogP contribution in [0.15, 0.2) is 53.4 Å². The molecule has 0 aliphatic carbocycles. The molecule has 2 heterocycles. The zero-order valence-corrected chi connectivity index (χ0v) is 19.0. The third-order valence-corrected chi connectivity index (χ3v) is 8.51. The van der Waals surface area contributed by atoms with E-state index in [1.807, 2.05) is 24.3 Å². The molecule has 0 atom stereocenters.